The van der Waals surface area contributed by atoms with Crippen molar-refractivity contribution < 1.29 is 9.90 Å². The summed E-state index contributed by atoms with van der Waals surface area (Å²) in [5.41, 5.74) is 0.0168. The lowest BCUT2D eigenvalue weighted by Gasteiger charge is -2.48. The van der Waals surface area contributed by atoms with Crippen molar-refractivity contribution in [1.82, 2.24) is 9.80 Å². The summed E-state index contributed by atoms with van der Waals surface area (Å²) in [7, 11) is 4.18. The van der Waals surface area contributed by atoms with Gasteiger partial charge in [0, 0.05) is 12.0 Å². The first kappa shape index (κ1) is 15.4. The summed E-state index contributed by atoms with van der Waals surface area (Å²) in [6.45, 7) is 7.68. The molecule has 0 radical (unpaired) electrons. The molecule has 0 spiro atoms. The van der Waals surface area contributed by atoms with E-state index in [0.717, 1.165) is 38.9 Å². The number of hydrogen-bond donors (Lipinski definition) is 1. The second-order valence-corrected chi connectivity index (χ2v) is 6.23. The molecule has 0 saturated carbocycles. The maximum atomic E-state index is 10.9. The standard InChI is InChI=1S/C14H28N2O2/c1-14(2)12(11-13(17)18)7-5-9-16(14)10-6-8-15(3)4/h12H,5-11H2,1-4H3,(H,17,18). The Bertz CT molecular complexity index is 277. The monoisotopic (exact) mass is 256 g/mol. The fourth-order valence-corrected chi connectivity index (χ4v) is 2.97. The molecule has 0 amide bonds. The van der Waals surface area contributed by atoms with E-state index in [1.54, 1.807) is 0 Å². The van der Waals surface area contributed by atoms with Gasteiger partial charge in [-0.25, -0.2) is 0 Å². The van der Waals surface area contributed by atoms with E-state index in [1.807, 2.05) is 0 Å². The highest BCUT2D eigenvalue weighted by Gasteiger charge is 2.38. The molecular formula is C14H28N2O2. The van der Waals surface area contributed by atoms with Crippen molar-refractivity contribution in [3.8, 4) is 0 Å². The van der Waals surface area contributed by atoms with Crippen LogP contribution in [0.5, 0.6) is 0 Å². The molecule has 0 aliphatic carbocycles. The van der Waals surface area contributed by atoms with Crippen LogP contribution in [-0.2, 0) is 4.79 Å². The molecule has 4 heteroatoms. The van der Waals surface area contributed by atoms with Gasteiger partial charge in [-0.3, -0.25) is 9.69 Å². The number of rotatable bonds is 6. The van der Waals surface area contributed by atoms with Gasteiger partial charge >= 0.3 is 5.97 Å². The quantitative estimate of drug-likeness (QED) is 0.788. The van der Waals surface area contributed by atoms with E-state index < -0.39 is 5.97 Å². The number of hydrogen-bond acceptors (Lipinski definition) is 3. The van der Waals surface area contributed by atoms with Crippen LogP contribution in [0.4, 0.5) is 0 Å². The van der Waals surface area contributed by atoms with Crippen molar-refractivity contribution in [2.24, 2.45) is 5.92 Å². The Hall–Kier alpha value is -0.610. The van der Waals surface area contributed by atoms with Gasteiger partial charge in [0.05, 0.1) is 0 Å². The summed E-state index contributed by atoms with van der Waals surface area (Å²) < 4.78 is 0. The largest absolute Gasteiger partial charge is 0.481 e. The number of carbonyl (C=O) groups is 1. The fourth-order valence-electron chi connectivity index (χ4n) is 2.97. The van der Waals surface area contributed by atoms with E-state index in [4.69, 9.17) is 5.11 Å². The summed E-state index contributed by atoms with van der Waals surface area (Å²) in [6.07, 6.45) is 3.63. The maximum Gasteiger partial charge on any atom is 0.303 e. The molecular weight excluding hydrogens is 228 g/mol. The SMILES string of the molecule is CN(C)CCCN1CCCC(CC(=O)O)C1(C)C. The molecule has 106 valence electrons. The first-order valence-electron chi connectivity index (χ1n) is 6.95. The Labute approximate surface area is 111 Å². The average molecular weight is 256 g/mol. The first-order valence-corrected chi connectivity index (χ1v) is 6.95. The predicted molar refractivity (Wildman–Crippen MR) is 73.8 cm³/mol. The summed E-state index contributed by atoms with van der Waals surface area (Å²) in [5.74, 6) is -0.383. The van der Waals surface area contributed by atoms with Crippen molar-refractivity contribution in [2.75, 3.05) is 33.7 Å². The van der Waals surface area contributed by atoms with Crippen molar-refractivity contribution in [3.05, 3.63) is 0 Å². The topological polar surface area (TPSA) is 43.8 Å². The highest BCUT2D eigenvalue weighted by atomic mass is 16.4. The number of likely N-dealkylation sites (tertiary alicyclic amines) is 1. The third-order valence-corrected chi connectivity index (χ3v) is 4.25. The Morgan fingerprint density at radius 3 is 2.67 bits per heavy atom. The summed E-state index contributed by atoms with van der Waals surface area (Å²) in [4.78, 5) is 15.6. The van der Waals surface area contributed by atoms with Gasteiger partial charge in [-0.1, -0.05) is 0 Å². The molecule has 1 saturated heterocycles. The molecule has 0 aromatic rings. The lowest BCUT2D eigenvalue weighted by Crippen LogP contribution is -2.54. The lowest BCUT2D eigenvalue weighted by molar-refractivity contribution is -0.140. The molecule has 1 rings (SSSR count). The molecule has 0 aromatic heterocycles. The van der Waals surface area contributed by atoms with Crippen LogP contribution in [0.25, 0.3) is 0 Å². The Balaban J connectivity index is 2.54. The maximum absolute atomic E-state index is 10.9. The van der Waals surface area contributed by atoms with Gasteiger partial charge in [-0.2, -0.15) is 0 Å². The third kappa shape index (κ3) is 4.25. The molecule has 1 N–H and O–H groups in total. The van der Waals surface area contributed by atoms with Crippen molar-refractivity contribution >= 4 is 5.97 Å². The minimum absolute atomic E-state index is 0.0168. The van der Waals surface area contributed by atoms with E-state index in [-0.39, 0.29) is 11.5 Å². The minimum atomic E-state index is -0.664. The van der Waals surface area contributed by atoms with E-state index in [1.165, 1.54) is 0 Å². The molecule has 0 aromatic carbocycles. The highest BCUT2D eigenvalue weighted by molar-refractivity contribution is 5.67. The molecule has 0 bridgehead atoms. The first-order chi connectivity index (χ1) is 8.34. The normalized spacial score (nSPS) is 24.4. The molecule has 1 atom stereocenters. The number of aliphatic carboxylic acids is 1. The van der Waals surface area contributed by atoms with Gasteiger partial charge in [-0.05, 0) is 72.8 Å². The number of piperidine rings is 1. The van der Waals surface area contributed by atoms with Crippen LogP contribution in [0.15, 0.2) is 0 Å². The predicted octanol–water partition coefficient (Wildman–Crippen LogP) is 1.90. The van der Waals surface area contributed by atoms with E-state index in [0.29, 0.717) is 6.42 Å². The zero-order valence-corrected chi connectivity index (χ0v) is 12.3. The van der Waals surface area contributed by atoms with E-state index in [9.17, 15) is 4.79 Å². The fraction of sp³-hybridized carbons (Fsp3) is 0.929. The third-order valence-electron chi connectivity index (χ3n) is 4.25. The summed E-state index contributed by atoms with van der Waals surface area (Å²) in [6, 6.07) is 0. The zero-order valence-electron chi connectivity index (χ0n) is 12.3. The summed E-state index contributed by atoms with van der Waals surface area (Å²) in [5, 5.41) is 9.01. The van der Waals surface area contributed by atoms with Gasteiger partial charge in [0.25, 0.3) is 0 Å². The van der Waals surface area contributed by atoms with Crippen LogP contribution in [0.2, 0.25) is 0 Å². The Morgan fingerprint density at radius 2 is 2.11 bits per heavy atom. The van der Waals surface area contributed by atoms with E-state index >= 15 is 0 Å². The van der Waals surface area contributed by atoms with Gasteiger partial charge in [0.1, 0.15) is 0 Å². The van der Waals surface area contributed by atoms with Crippen LogP contribution in [0.3, 0.4) is 0 Å². The van der Waals surface area contributed by atoms with E-state index in [2.05, 4.69) is 37.7 Å². The molecule has 1 fully saturated rings. The Kier molecular flexibility index (Phi) is 5.60. The minimum Gasteiger partial charge on any atom is -0.481 e. The van der Waals surface area contributed by atoms with Gasteiger partial charge in [0.15, 0.2) is 0 Å². The second-order valence-electron chi connectivity index (χ2n) is 6.23. The van der Waals surface area contributed by atoms with Crippen LogP contribution < -0.4 is 0 Å². The Morgan fingerprint density at radius 1 is 1.44 bits per heavy atom. The molecule has 1 aliphatic heterocycles. The smallest absolute Gasteiger partial charge is 0.303 e. The zero-order chi connectivity index (χ0) is 13.8. The second kappa shape index (κ2) is 6.53. The molecule has 1 heterocycles. The van der Waals surface area contributed by atoms with Crippen LogP contribution in [0, 0.1) is 5.92 Å². The summed E-state index contributed by atoms with van der Waals surface area (Å²) >= 11 is 0. The average Bonchev–Trinajstić information content (AvgIpc) is 2.22. The molecule has 18 heavy (non-hydrogen) atoms. The van der Waals surface area contributed by atoms with Crippen LogP contribution in [0.1, 0.15) is 39.5 Å². The number of nitrogens with zero attached hydrogens (tertiary/aromatic N) is 2. The number of carboxylic acids is 1. The highest BCUT2D eigenvalue weighted by Crippen LogP contribution is 2.35. The van der Waals surface area contributed by atoms with Crippen LogP contribution >= 0.6 is 0 Å². The van der Waals surface area contributed by atoms with Gasteiger partial charge in [-0.15, -0.1) is 0 Å². The molecule has 4 nitrogen and oxygen atoms in total. The van der Waals surface area contributed by atoms with Crippen molar-refractivity contribution in [1.29, 1.82) is 0 Å². The van der Waals surface area contributed by atoms with Crippen LogP contribution in [-0.4, -0.2) is 60.1 Å². The molecule has 1 unspecified atom stereocenters. The number of carboxylic acid groups (broad SMARTS) is 1. The lowest BCUT2D eigenvalue weighted by atomic mass is 9.77. The van der Waals surface area contributed by atoms with Crippen molar-refractivity contribution in [2.45, 2.75) is 45.1 Å². The van der Waals surface area contributed by atoms with Gasteiger partial charge in [0.2, 0.25) is 0 Å². The van der Waals surface area contributed by atoms with Crippen molar-refractivity contribution in [3.63, 3.8) is 0 Å². The molecule has 1 aliphatic rings. The van der Waals surface area contributed by atoms with Gasteiger partial charge < -0.3 is 10.0 Å².